The molecule has 0 radical (unpaired) electrons. The summed E-state index contributed by atoms with van der Waals surface area (Å²) in [6.07, 6.45) is 8.05. The Morgan fingerprint density at radius 2 is 2.00 bits per heavy atom. The summed E-state index contributed by atoms with van der Waals surface area (Å²) >= 11 is 6.21. The van der Waals surface area contributed by atoms with Crippen molar-refractivity contribution < 1.29 is 0 Å². The van der Waals surface area contributed by atoms with E-state index in [4.69, 9.17) is 11.6 Å². The summed E-state index contributed by atoms with van der Waals surface area (Å²) in [6, 6.07) is 2.05. The van der Waals surface area contributed by atoms with Crippen LogP contribution in [0.25, 0.3) is 0 Å². The Hall–Kier alpha value is -0.830. The molecule has 1 aromatic heterocycles. The molecule has 0 saturated heterocycles. The maximum absolute atomic E-state index is 6.21. The van der Waals surface area contributed by atoms with E-state index in [1.807, 2.05) is 0 Å². The molecule has 0 spiro atoms. The van der Waals surface area contributed by atoms with Gasteiger partial charge in [0, 0.05) is 29.6 Å². The fourth-order valence-corrected chi connectivity index (χ4v) is 3.08. The van der Waals surface area contributed by atoms with Gasteiger partial charge in [0.05, 0.1) is 0 Å². The molecule has 0 unspecified atom stereocenters. The van der Waals surface area contributed by atoms with E-state index >= 15 is 0 Å². The van der Waals surface area contributed by atoms with Gasteiger partial charge in [-0.2, -0.15) is 0 Å². The molecule has 3 nitrogen and oxygen atoms in total. The smallest absolute Gasteiger partial charge is 0.129 e. The second-order valence-electron chi connectivity index (χ2n) is 6.03. The first-order chi connectivity index (χ1) is 9.15. The van der Waals surface area contributed by atoms with Crippen LogP contribution in [-0.4, -0.2) is 22.4 Å². The van der Waals surface area contributed by atoms with E-state index in [0.717, 1.165) is 23.9 Å². The summed E-state index contributed by atoms with van der Waals surface area (Å²) in [4.78, 5) is 8.60. The van der Waals surface area contributed by atoms with Crippen molar-refractivity contribution >= 4 is 17.4 Å². The molecule has 1 aromatic rings. The first kappa shape index (κ1) is 14.6. The quantitative estimate of drug-likeness (QED) is 0.822. The molecule has 1 aliphatic carbocycles. The van der Waals surface area contributed by atoms with E-state index in [1.54, 1.807) is 6.33 Å². The third-order valence-corrected chi connectivity index (χ3v) is 4.69. The summed E-state index contributed by atoms with van der Waals surface area (Å²) in [5.41, 5.74) is 1.34. The van der Waals surface area contributed by atoms with Crippen LogP contribution in [0.2, 0.25) is 0 Å². The lowest BCUT2D eigenvalue weighted by atomic mass is 9.75. The lowest BCUT2D eigenvalue weighted by Gasteiger charge is -2.35. The van der Waals surface area contributed by atoms with E-state index in [0.29, 0.717) is 5.92 Å². The zero-order valence-electron chi connectivity index (χ0n) is 12.0. The highest BCUT2D eigenvalue weighted by molar-refractivity contribution is 6.18. The first-order valence-corrected chi connectivity index (χ1v) is 7.80. The highest BCUT2D eigenvalue weighted by Crippen LogP contribution is 2.37. The molecule has 1 saturated carbocycles. The van der Waals surface area contributed by atoms with Gasteiger partial charge in [0.15, 0.2) is 0 Å². The second-order valence-corrected chi connectivity index (χ2v) is 6.30. The van der Waals surface area contributed by atoms with Crippen LogP contribution in [0.3, 0.4) is 0 Å². The lowest BCUT2D eigenvalue weighted by molar-refractivity contribution is 0.238. The SMILES string of the molecule is CC(C)c1cc(NCC2(CCl)CCCCC2)ncn1. The molecule has 0 aromatic carbocycles. The van der Waals surface area contributed by atoms with Crippen molar-refractivity contribution in [2.24, 2.45) is 5.41 Å². The molecule has 1 fully saturated rings. The number of alkyl halides is 1. The Balaban J connectivity index is 1.99. The predicted molar refractivity (Wildman–Crippen MR) is 80.8 cm³/mol. The van der Waals surface area contributed by atoms with E-state index < -0.39 is 0 Å². The minimum absolute atomic E-state index is 0.253. The van der Waals surface area contributed by atoms with Gasteiger partial charge in [0.1, 0.15) is 12.1 Å². The van der Waals surface area contributed by atoms with Gasteiger partial charge in [-0.3, -0.25) is 0 Å². The average Bonchev–Trinajstić information content (AvgIpc) is 2.46. The molecule has 1 aliphatic rings. The van der Waals surface area contributed by atoms with Crippen LogP contribution in [0.15, 0.2) is 12.4 Å². The Morgan fingerprint density at radius 1 is 1.26 bits per heavy atom. The largest absolute Gasteiger partial charge is 0.369 e. The average molecular weight is 282 g/mol. The summed E-state index contributed by atoms with van der Waals surface area (Å²) < 4.78 is 0. The summed E-state index contributed by atoms with van der Waals surface area (Å²) in [5.74, 6) is 2.09. The normalized spacial score (nSPS) is 18.5. The number of halogens is 1. The number of hydrogen-bond donors (Lipinski definition) is 1. The minimum atomic E-state index is 0.253. The first-order valence-electron chi connectivity index (χ1n) is 7.27. The number of aromatic nitrogens is 2. The van der Waals surface area contributed by atoms with Crippen molar-refractivity contribution in [2.75, 3.05) is 17.7 Å². The van der Waals surface area contributed by atoms with Gasteiger partial charge in [-0.05, 0) is 18.8 Å². The third kappa shape index (κ3) is 3.82. The van der Waals surface area contributed by atoms with Crippen LogP contribution in [0.5, 0.6) is 0 Å². The van der Waals surface area contributed by atoms with E-state index in [-0.39, 0.29) is 5.41 Å². The molecule has 19 heavy (non-hydrogen) atoms. The zero-order valence-corrected chi connectivity index (χ0v) is 12.7. The topological polar surface area (TPSA) is 37.8 Å². The number of rotatable bonds is 5. The summed E-state index contributed by atoms with van der Waals surface area (Å²) in [7, 11) is 0. The third-order valence-electron chi connectivity index (χ3n) is 4.12. The van der Waals surface area contributed by atoms with Crippen molar-refractivity contribution in [3.8, 4) is 0 Å². The van der Waals surface area contributed by atoms with Crippen LogP contribution >= 0.6 is 11.6 Å². The number of nitrogens with one attached hydrogen (secondary N) is 1. The molecular weight excluding hydrogens is 258 g/mol. The van der Waals surface area contributed by atoms with Crippen molar-refractivity contribution in [1.82, 2.24) is 9.97 Å². The van der Waals surface area contributed by atoms with E-state index in [2.05, 4.69) is 35.2 Å². The summed E-state index contributed by atoms with van der Waals surface area (Å²) in [6.45, 7) is 5.21. The van der Waals surface area contributed by atoms with Crippen LogP contribution in [0.1, 0.15) is 57.6 Å². The highest BCUT2D eigenvalue weighted by atomic mass is 35.5. The van der Waals surface area contributed by atoms with Gasteiger partial charge in [0.2, 0.25) is 0 Å². The predicted octanol–water partition coefficient (Wildman–Crippen LogP) is 4.20. The van der Waals surface area contributed by atoms with Gasteiger partial charge in [0.25, 0.3) is 0 Å². The van der Waals surface area contributed by atoms with Crippen LogP contribution in [-0.2, 0) is 0 Å². The second kappa shape index (κ2) is 6.56. The fourth-order valence-electron chi connectivity index (χ4n) is 2.72. The highest BCUT2D eigenvalue weighted by Gasteiger charge is 2.31. The van der Waals surface area contributed by atoms with Gasteiger partial charge in [-0.15, -0.1) is 11.6 Å². The van der Waals surface area contributed by atoms with Crippen LogP contribution in [0, 0.1) is 5.41 Å². The van der Waals surface area contributed by atoms with Crippen molar-refractivity contribution in [1.29, 1.82) is 0 Å². The van der Waals surface area contributed by atoms with Crippen LogP contribution < -0.4 is 5.32 Å². The number of hydrogen-bond acceptors (Lipinski definition) is 3. The monoisotopic (exact) mass is 281 g/mol. The molecule has 2 rings (SSSR count). The standard InChI is InChI=1S/C15H24ClN3/c1-12(2)13-8-14(19-11-18-13)17-10-15(9-16)6-4-3-5-7-15/h8,11-12H,3-7,9-10H2,1-2H3,(H,17,18,19). The summed E-state index contributed by atoms with van der Waals surface area (Å²) in [5, 5.41) is 3.47. The molecule has 0 atom stereocenters. The zero-order chi connectivity index (χ0) is 13.7. The van der Waals surface area contributed by atoms with E-state index in [1.165, 1.54) is 32.1 Å². The Labute approximate surface area is 121 Å². The van der Waals surface area contributed by atoms with Crippen molar-refractivity contribution in [3.05, 3.63) is 18.1 Å². The maximum atomic E-state index is 6.21. The molecule has 1 N–H and O–H groups in total. The minimum Gasteiger partial charge on any atom is -0.369 e. The molecular formula is C15H24ClN3. The number of anilines is 1. The number of nitrogens with zero attached hydrogens (tertiary/aromatic N) is 2. The van der Waals surface area contributed by atoms with Gasteiger partial charge < -0.3 is 5.32 Å². The molecule has 0 amide bonds. The van der Waals surface area contributed by atoms with Gasteiger partial charge in [-0.25, -0.2) is 9.97 Å². The van der Waals surface area contributed by atoms with E-state index in [9.17, 15) is 0 Å². The molecule has 0 aliphatic heterocycles. The Bertz CT molecular complexity index is 400. The van der Waals surface area contributed by atoms with Gasteiger partial charge in [-0.1, -0.05) is 33.1 Å². The molecule has 4 heteroatoms. The van der Waals surface area contributed by atoms with Crippen molar-refractivity contribution in [2.45, 2.75) is 51.9 Å². The maximum Gasteiger partial charge on any atom is 0.129 e. The molecule has 0 bridgehead atoms. The fraction of sp³-hybridized carbons (Fsp3) is 0.733. The lowest BCUT2D eigenvalue weighted by Crippen LogP contribution is -2.34. The molecule has 106 valence electrons. The van der Waals surface area contributed by atoms with Gasteiger partial charge >= 0.3 is 0 Å². The Kier molecular flexibility index (Phi) is 5.03. The van der Waals surface area contributed by atoms with Crippen molar-refractivity contribution in [3.63, 3.8) is 0 Å². The molecule has 1 heterocycles. The Morgan fingerprint density at radius 3 is 2.63 bits per heavy atom. The van der Waals surface area contributed by atoms with Crippen LogP contribution in [0.4, 0.5) is 5.82 Å².